The van der Waals surface area contributed by atoms with E-state index in [1.165, 1.54) is 32.4 Å². The fourth-order valence-corrected chi connectivity index (χ4v) is 4.02. The van der Waals surface area contributed by atoms with Crippen LogP contribution in [-0.4, -0.2) is 40.6 Å². The highest BCUT2D eigenvalue weighted by Crippen LogP contribution is 2.29. The molecule has 2 N–H and O–H groups in total. The van der Waals surface area contributed by atoms with Crippen LogP contribution < -0.4 is 19.5 Å². The second-order valence-electron chi connectivity index (χ2n) is 6.66. The van der Waals surface area contributed by atoms with Crippen molar-refractivity contribution in [2.75, 3.05) is 14.2 Å². The van der Waals surface area contributed by atoms with Crippen molar-refractivity contribution in [2.45, 2.75) is 36.2 Å². The van der Waals surface area contributed by atoms with Crippen LogP contribution in [0.4, 0.5) is 0 Å². The summed E-state index contributed by atoms with van der Waals surface area (Å²) in [5.41, 5.74) is 0.869. The average Bonchev–Trinajstić information content (AvgIpc) is 3.51. The predicted molar refractivity (Wildman–Crippen MR) is 105 cm³/mol. The monoisotopic (exact) mass is 404 g/mol. The summed E-state index contributed by atoms with van der Waals surface area (Å²) >= 11 is 0. The Morgan fingerprint density at radius 1 is 1.07 bits per heavy atom. The third kappa shape index (κ3) is 5.02. The number of methoxy groups -OCH3 is 2. The largest absolute Gasteiger partial charge is 0.493 e. The van der Waals surface area contributed by atoms with Crippen LogP contribution in [0, 0.1) is 0 Å². The van der Waals surface area contributed by atoms with E-state index >= 15 is 0 Å². The van der Waals surface area contributed by atoms with Gasteiger partial charge in [-0.2, -0.15) is 4.72 Å². The lowest BCUT2D eigenvalue weighted by molar-refractivity contribution is -0.122. The van der Waals surface area contributed by atoms with Crippen molar-refractivity contribution in [3.8, 4) is 11.5 Å². The molecule has 0 bridgehead atoms. The van der Waals surface area contributed by atoms with E-state index < -0.39 is 16.1 Å². The van der Waals surface area contributed by atoms with E-state index in [9.17, 15) is 13.2 Å². The minimum atomic E-state index is -3.94. The fourth-order valence-electron chi connectivity index (χ4n) is 2.81. The Kier molecular flexibility index (Phi) is 6.21. The molecule has 150 valence electrons. The Bertz CT molecular complexity index is 927. The maximum Gasteiger partial charge on any atom is 0.241 e. The fraction of sp³-hybridized carbons (Fsp3) is 0.350. The van der Waals surface area contributed by atoms with Crippen LogP contribution in [-0.2, 0) is 21.2 Å². The SMILES string of the molecule is COc1ccc(S(=O)(=O)NC(Cc2ccccc2)C(=O)NC2CC2)cc1OC. The third-order valence-electron chi connectivity index (χ3n) is 4.49. The molecule has 0 spiro atoms. The van der Waals surface area contributed by atoms with E-state index in [0.29, 0.717) is 11.5 Å². The van der Waals surface area contributed by atoms with E-state index in [1.54, 1.807) is 0 Å². The molecule has 0 aliphatic heterocycles. The lowest BCUT2D eigenvalue weighted by Gasteiger charge is -2.19. The average molecular weight is 404 g/mol. The normalized spacial score (nSPS) is 14.9. The molecule has 0 saturated heterocycles. The maximum absolute atomic E-state index is 12.9. The van der Waals surface area contributed by atoms with E-state index in [0.717, 1.165) is 18.4 Å². The number of carbonyl (C=O) groups excluding carboxylic acids is 1. The van der Waals surface area contributed by atoms with Gasteiger partial charge in [-0.25, -0.2) is 8.42 Å². The van der Waals surface area contributed by atoms with Crippen LogP contribution in [0.15, 0.2) is 53.4 Å². The number of ether oxygens (including phenoxy) is 2. The van der Waals surface area contributed by atoms with Crippen molar-refractivity contribution >= 4 is 15.9 Å². The number of sulfonamides is 1. The topological polar surface area (TPSA) is 93.7 Å². The molecule has 3 rings (SSSR count). The van der Waals surface area contributed by atoms with Crippen LogP contribution in [0.3, 0.4) is 0 Å². The van der Waals surface area contributed by atoms with Gasteiger partial charge in [0.1, 0.15) is 6.04 Å². The molecule has 1 saturated carbocycles. The third-order valence-corrected chi connectivity index (χ3v) is 5.95. The van der Waals surface area contributed by atoms with Gasteiger partial charge in [-0.3, -0.25) is 4.79 Å². The highest BCUT2D eigenvalue weighted by molar-refractivity contribution is 7.89. The second kappa shape index (κ2) is 8.62. The quantitative estimate of drug-likeness (QED) is 0.666. The van der Waals surface area contributed by atoms with Crippen LogP contribution in [0.2, 0.25) is 0 Å². The number of nitrogens with one attached hydrogen (secondary N) is 2. The molecule has 1 aliphatic rings. The van der Waals surface area contributed by atoms with Crippen molar-refractivity contribution in [3.05, 3.63) is 54.1 Å². The molecule has 0 radical (unpaired) electrons. The summed E-state index contributed by atoms with van der Waals surface area (Å²) in [6.45, 7) is 0. The predicted octanol–water partition coefficient (Wildman–Crippen LogP) is 1.87. The first-order valence-electron chi connectivity index (χ1n) is 9.01. The van der Waals surface area contributed by atoms with Crippen molar-refractivity contribution in [3.63, 3.8) is 0 Å². The summed E-state index contributed by atoms with van der Waals surface area (Å²) < 4.78 is 38.7. The standard InChI is InChI=1S/C20H24N2O5S/c1-26-18-11-10-16(13-19(18)27-2)28(24,25)22-17(20(23)21-15-8-9-15)12-14-6-4-3-5-7-14/h3-7,10-11,13,15,17,22H,8-9,12H2,1-2H3,(H,21,23). The van der Waals surface area contributed by atoms with E-state index in [1.807, 2.05) is 30.3 Å². The molecule has 7 nitrogen and oxygen atoms in total. The first-order valence-corrected chi connectivity index (χ1v) is 10.5. The molecule has 2 aromatic rings. The van der Waals surface area contributed by atoms with Gasteiger partial charge in [0.15, 0.2) is 11.5 Å². The number of hydrogen-bond acceptors (Lipinski definition) is 5. The number of carbonyl (C=O) groups is 1. The lowest BCUT2D eigenvalue weighted by Crippen LogP contribution is -2.48. The van der Waals surface area contributed by atoms with Crippen LogP contribution in [0.5, 0.6) is 11.5 Å². The minimum absolute atomic E-state index is 0.00225. The van der Waals surface area contributed by atoms with Gasteiger partial charge >= 0.3 is 0 Å². The number of hydrogen-bond donors (Lipinski definition) is 2. The molecular formula is C20H24N2O5S. The molecule has 1 fully saturated rings. The van der Waals surface area contributed by atoms with Gasteiger partial charge in [0, 0.05) is 12.1 Å². The molecular weight excluding hydrogens is 380 g/mol. The van der Waals surface area contributed by atoms with E-state index in [-0.39, 0.29) is 23.3 Å². The Morgan fingerprint density at radius 3 is 2.36 bits per heavy atom. The first-order chi connectivity index (χ1) is 13.4. The number of rotatable bonds is 9. The molecule has 28 heavy (non-hydrogen) atoms. The molecule has 1 unspecified atom stereocenters. The maximum atomic E-state index is 12.9. The second-order valence-corrected chi connectivity index (χ2v) is 8.38. The van der Waals surface area contributed by atoms with Gasteiger partial charge in [0.2, 0.25) is 15.9 Å². The summed E-state index contributed by atoms with van der Waals surface area (Å²) in [7, 11) is -1.04. The lowest BCUT2D eigenvalue weighted by atomic mass is 10.1. The van der Waals surface area contributed by atoms with Crippen molar-refractivity contribution in [1.82, 2.24) is 10.0 Å². The van der Waals surface area contributed by atoms with Gasteiger partial charge in [-0.05, 0) is 37.0 Å². The van der Waals surface area contributed by atoms with Gasteiger partial charge in [0.25, 0.3) is 0 Å². The molecule has 1 amide bonds. The first kappa shape index (κ1) is 20.2. The summed E-state index contributed by atoms with van der Waals surface area (Å²) in [5.74, 6) is 0.400. The van der Waals surface area contributed by atoms with E-state index in [2.05, 4.69) is 10.0 Å². The Morgan fingerprint density at radius 2 is 1.75 bits per heavy atom. The summed E-state index contributed by atoms with van der Waals surface area (Å²) in [5, 5.41) is 2.88. The zero-order valence-electron chi connectivity index (χ0n) is 15.8. The smallest absolute Gasteiger partial charge is 0.241 e. The number of amides is 1. The molecule has 0 heterocycles. The Balaban J connectivity index is 1.84. The van der Waals surface area contributed by atoms with Gasteiger partial charge < -0.3 is 14.8 Å². The molecule has 2 aromatic carbocycles. The van der Waals surface area contributed by atoms with Crippen LogP contribution in [0.25, 0.3) is 0 Å². The minimum Gasteiger partial charge on any atom is -0.493 e. The Hall–Kier alpha value is -2.58. The zero-order valence-corrected chi connectivity index (χ0v) is 16.7. The zero-order chi connectivity index (χ0) is 20.1. The summed E-state index contributed by atoms with van der Waals surface area (Å²) in [6.07, 6.45) is 2.10. The summed E-state index contributed by atoms with van der Waals surface area (Å²) in [6, 6.07) is 12.8. The highest BCUT2D eigenvalue weighted by Gasteiger charge is 2.31. The van der Waals surface area contributed by atoms with Crippen LogP contribution in [0.1, 0.15) is 18.4 Å². The molecule has 8 heteroatoms. The van der Waals surface area contributed by atoms with Crippen molar-refractivity contribution < 1.29 is 22.7 Å². The van der Waals surface area contributed by atoms with Crippen molar-refractivity contribution in [1.29, 1.82) is 0 Å². The van der Waals surface area contributed by atoms with E-state index in [4.69, 9.17) is 9.47 Å². The van der Waals surface area contributed by atoms with Crippen LogP contribution >= 0.6 is 0 Å². The number of benzene rings is 2. The Labute approximate surface area is 165 Å². The van der Waals surface area contributed by atoms with Gasteiger partial charge in [-0.15, -0.1) is 0 Å². The van der Waals surface area contributed by atoms with Gasteiger partial charge in [-0.1, -0.05) is 30.3 Å². The van der Waals surface area contributed by atoms with Gasteiger partial charge in [0.05, 0.1) is 19.1 Å². The van der Waals surface area contributed by atoms with Crippen molar-refractivity contribution in [2.24, 2.45) is 0 Å². The molecule has 1 aliphatic carbocycles. The summed E-state index contributed by atoms with van der Waals surface area (Å²) in [4.78, 5) is 12.7. The molecule has 1 atom stereocenters. The highest BCUT2D eigenvalue weighted by atomic mass is 32.2. The molecule has 0 aromatic heterocycles.